The molecule has 0 radical (unpaired) electrons. The Morgan fingerprint density at radius 1 is 1.37 bits per heavy atom. The van der Waals surface area contributed by atoms with Crippen molar-refractivity contribution in [2.24, 2.45) is 7.05 Å². The van der Waals surface area contributed by atoms with E-state index in [9.17, 15) is 13.2 Å². The summed E-state index contributed by atoms with van der Waals surface area (Å²) in [6.07, 6.45) is 8.82. The standard InChI is InChI=1S/C8H15N2.CHF3O3S.Mg.2H/c1-3-4-5-10-7-6-9(2)8-10;2-1(3,4)8(5,6)7;;;/h6-8H,3-5H2,1-2H3;(H,5,6,7);;;/q+1;;;;. The summed E-state index contributed by atoms with van der Waals surface area (Å²) in [4.78, 5) is 0. The van der Waals surface area contributed by atoms with Gasteiger partial charge in [-0.2, -0.15) is 21.6 Å². The molecular weight excluding hydrogens is 297 g/mol. The van der Waals surface area contributed by atoms with Crippen molar-refractivity contribution in [1.29, 1.82) is 0 Å². The molecule has 1 rings (SSSR count). The number of hydrogen-bond donors (Lipinski definition) is 1. The molecule has 0 saturated heterocycles. The molecule has 0 fully saturated rings. The van der Waals surface area contributed by atoms with E-state index in [0.29, 0.717) is 0 Å². The quantitative estimate of drug-likeness (QED) is 0.384. The molecule has 0 unspecified atom stereocenters. The van der Waals surface area contributed by atoms with Gasteiger partial charge in [0.15, 0.2) is 0 Å². The molecular formula is C9H18F3MgN2O3S+. The predicted molar refractivity (Wildman–Crippen MR) is 66.7 cm³/mol. The van der Waals surface area contributed by atoms with Crippen molar-refractivity contribution in [3.63, 3.8) is 0 Å². The molecule has 0 saturated carbocycles. The first-order valence-electron chi connectivity index (χ1n) is 5.12. The summed E-state index contributed by atoms with van der Waals surface area (Å²) in [6.45, 7) is 3.36. The Morgan fingerprint density at radius 3 is 2.11 bits per heavy atom. The normalized spacial score (nSPS) is 11.3. The van der Waals surface area contributed by atoms with Crippen molar-refractivity contribution in [2.75, 3.05) is 0 Å². The van der Waals surface area contributed by atoms with Crippen LogP contribution in [-0.2, 0) is 23.7 Å². The minimum absolute atomic E-state index is 0. The number of nitrogens with zero attached hydrogens (tertiary/aromatic N) is 2. The van der Waals surface area contributed by atoms with Gasteiger partial charge in [0.05, 0.1) is 13.6 Å². The van der Waals surface area contributed by atoms with E-state index in [-0.39, 0.29) is 23.1 Å². The Balaban J connectivity index is 0. The van der Waals surface area contributed by atoms with E-state index in [1.165, 1.54) is 12.8 Å². The Kier molecular flexibility index (Phi) is 9.68. The summed E-state index contributed by atoms with van der Waals surface area (Å²) in [5.41, 5.74) is -5.53. The largest absolute Gasteiger partial charge is 0.522 e. The number of hydrogen-bond acceptors (Lipinski definition) is 2. The molecule has 1 aromatic rings. The van der Waals surface area contributed by atoms with Gasteiger partial charge in [-0.25, -0.2) is 9.13 Å². The zero-order chi connectivity index (χ0) is 14.4. The van der Waals surface area contributed by atoms with E-state index in [2.05, 4.69) is 34.8 Å². The van der Waals surface area contributed by atoms with E-state index in [1.807, 2.05) is 7.05 Å². The van der Waals surface area contributed by atoms with Gasteiger partial charge in [0.2, 0.25) is 6.33 Å². The molecule has 1 N–H and O–H groups in total. The Morgan fingerprint density at radius 2 is 1.84 bits per heavy atom. The van der Waals surface area contributed by atoms with Crippen molar-refractivity contribution in [3.8, 4) is 0 Å². The summed E-state index contributed by atoms with van der Waals surface area (Å²) in [6, 6.07) is 0. The molecule has 10 heteroatoms. The van der Waals surface area contributed by atoms with Crippen LogP contribution < -0.4 is 4.57 Å². The lowest BCUT2D eigenvalue weighted by atomic mass is 10.3. The topological polar surface area (TPSA) is 63.2 Å². The molecule has 0 aliphatic carbocycles. The second-order valence-corrected chi connectivity index (χ2v) is 5.00. The highest BCUT2D eigenvalue weighted by atomic mass is 32.2. The third kappa shape index (κ3) is 9.24. The monoisotopic (exact) mass is 315 g/mol. The number of aryl methyl sites for hydroxylation is 2. The summed E-state index contributed by atoms with van der Waals surface area (Å²) in [5.74, 6) is 0. The van der Waals surface area contributed by atoms with Crippen molar-refractivity contribution in [1.82, 2.24) is 4.57 Å². The van der Waals surface area contributed by atoms with Crippen molar-refractivity contribution < 1.29 is 30.7 Å². The molecule has 110 valence electrons. The lowest BCUT2D eigenvalue weighted by Gasteiger charge is -1.97. The van der Waals surface area contributed by atoms with Crippen LogP contribution in [0.15, 0.2) is 18.7 Å². The fourth-order valence-electron chi connectivity index (χ4n) is 0.975. The molecule has 0 bridgehead atoms. The molecule has 0 atom stereocenters. The molecule has 0 aliphatic heterocycles. The van der Waals surface area contributed by atoms with Crippen molar-refractivity contribution >= 4 is 33.2 Å². The summed E-state index contributed by atoms with van der Waals surface area (Å²) < 4.78 is 61.8. The molecule has 5 nitrogen and oxygen atoms in total. The van der Waals surface area contributed by atoms with Gasteiger partial charge in [0.25, 0.3) is 0 Å². The van der Waals surface area contributed by atoms with Crippen LogP contribution in [0.4, 0.5) is 13.2 Å². The maximum atomic E-state index is 10.7. The summed E-state index contributed by atoms with van der Waals surface area (Å²) in [5, 5.41) is 0. The first-order valence-corrected chi connectivity index (χ1v) is 6.56. The second kappa shape index (κ2) is 8.77. The number of imidazole rings is 1. The molecule has 19 heavy (non-hydrogen) atoms. The van der Waals surface area contributed by atoms with E-state index >= 15 is 0 Å². The smallest absolute Gasteiger partial charge is 0.279 e. The van der Waals surface area contributed by atoms with Gasteiger partial charge >= 0.3 is 38.7 Å². The Hall–Kier alpha value is -0.324. The molecule has 1 aromatic heterocycles. The molecule has 0 amide bonds. The third-order valence-electron chi connectivity index (χ3n) is 1.89. The highest BCUT2D eigenvalue weighted by molar-refractivity contribution is 7.86. The van der Waals surface area contributed by atoms with Gasteiger partial charge in [-0.15, -0.1) is 0 Å². The van der Waals surface area contributed by atoms with Crippen LogP contribution in [0.2, 0.25) is 0 Å². The van der Waals surface area contributed by atoms with Crippen LogP contribution >= 0.6 is 0 Å². The fourth-order valence-corrected chi connectivity index (χ4v) is 0.975. The van der Waals surface area contributed by atoms with Gasteiger partial charge in [-0.3, -0.25) is 4.55 Å². The molecule has 0 spiro atoms. The van der Waals surface area contributed by atoms with Crippen molar-refractivity contribution in [2.45, 2.75) is 31.8 Å². The fraction of sp³-hybridized carbons (Fsp3) is 0.667. The van der Waals surface area contributed by atoms with Crippen molar-refractivity contribution in [3.05, 3.63) is 18.7 Å². The van der Waals surface area contributed by atoms with E-state index in [4.69, 9.17) is 13.0 Å². The molecule has 0 aliphatic rings. The molecule has 1 heterocycles. The van der Waals surface area contributed by atoms with E-state index in [0.717, 1.165) is 6.54 Å². The maximum absolute atomic E-state index is 10.7. The first-order chi connectivity index (χ1) is 8.08. The summed E-state index contributed by atoms with van der Waals surface area (Å²) in [7, 11) is -3.80. The first kappa shape index (κ1) is 21.0. The minimum Gasteiger partial charge on any atom is -0.279 e. The predicted octanol–water partition coefficient (Wildman–Crippen LogP) is 0.591. The van der Waals surface area contributed by atoms with Crippen LogP contribution in [0.1, 0.15) is 19.8 Å². The van der Waals surface area contributed by atoms with Crippen LogP contribution in [0.25, 0.3) is 0 Å². The number of halogens is 3. The Labute approximate surface area is 126 Å². The molecule has 0 aromatic carbocycles. The second-order valence-electron chi connectivity index (χ2n) is 3.59. The highest BCUT2D eigenvalue weighted by Gasteiger charge is 2.44. The Bertz CT molecular complexity index is 460. The van der Waals surface area contributed by atoms with Gasteiger partial charge in [-0.05, 0) is 6.42 Å². The van der Waals surface area contributed by atoms with Crippen LogP contribution in [-0.4, -0.2) is 46.1 Å². The van der Waals surface area contributed by atoms with Gasteiger partial charge < -0.3 is 0 Å². The van der Waals surface area contributed by atoms with Gasteiger partial charge in [-0.1, -0.05) is 13.3 Å². The number of unbranched alkanes of at least 4 members (excludes halogenated alkanes) is 1. The lowest BCUT2D eigenvalue weighted by molar-refractivity contribution is -0.696. The zero-order valence-corrected chi connectivity index (χ0v) is 10.9. The summed E-state index contributed by atoms with van der Waals surface area (Å²) >= 11 is 0. The average molecular weight is 316 g/mol. The van der Waals surface area contributed by atoms with Crippen LogP contribution in [0.3, 0.4) is 0 Å². The zero-order valence-electron chi connectivity index (χ0n) is 10.1. The van der Waals surface area contributed by atoms with Gasteiger partial charge in [0, 0.05) is 0 Å². The van der Waals surface area contributed by atoms with E-state index in [1.54, 1.807) is 0 Å². The number of rotatable bonds is 3. The lowest BCUT2D eigenvalue weighted by Crippen LogP contribution is -2.30. The van der Waals surface area contributed by atoms with Gasteiger partial charge in [0.1, 0.15) is 12.4 Å². The number of alkyl halides is 3. The van der Waals surface area contributed by atoms with Crippen LogP contribution in [0, 0.1) is 0 Å². The SMILES string of the molecule is CCCC[n+]1ccn(C)c1.O=S(=O)(O)C(F)(F)F.[MgH2]. The maximum Gasteiger partial charge on any atom is 0.522 e. The average Bonchev–Trinajstić information content (AvgIpc) is 2.59. The number of aromatic nitrogens is 2. The highest BCUT2D eigenvalue weighted by Crippen LogP contribution is 2.20. The van der Waals surface area contributed by atoms with E-state index < -0.39 is 15.6 Å². The van der Waals surface area contributed by atoms with Crippen LogP contribution in [0.5, 0.6) is 0 Å². The third-order valence-corrected chi connectivity index (χ3v) is 2.47. The minimum atomic E-state index is -5.84.